The summed E-state index contributed by atoms with van der Waals surface area (Å²) < 4.78 is 80.9. The van der Waals surface area contributed by atoms with Crippen LogP contribution in [0.25, 0.3) is 0 Å². The predicted molar refractivity (Wildman–Crippen MR) is 63.0 cm³/mol. The zero-order valence-electron chi connectivity index (χ0n) is 11.4. The van der Waals surface area contributed by atoms with Crippen molar-refractivity contribution in [1.82, 2.24) is 0 Å². The lowest BCUT2D eigenvalue weighted by Gasteiger charge is -2.29. The summed E-state index contributed by atoms with van der Waals surface area (Å²) in [5.41, 5.74) is 0.177. The molecular weight excluding hydrogens is 302 g/mol. The van der Waals surface area contributed by atoms with Crippen molar-refractivity contribution >= 4 is 0 Å². The van der Waals surface area contributed by atoms with E-state index in [1.807, 2.05) is 0 Å². The third-order valence-electron chi connectivity index (χ3n) is 3.03. The van der Waals surface area contributed by atoms with Crippen LogP contribution in [0, 0.1) is 19.8 Å². The molecule has 1 aromatic carbocycles. The number of aliphatic hydroxyl groups is 1. The van der Waals surface area contributed by atoms with Crippen LogP contribution in [0.15, 0.2) is 12.1 Å². The Morgan fingerprint density at radius 3 is 1.86 bits per heavy atom. The molecule has 0 radical (unpaired) electrons. The minimum absolute atomic E-state index is 0.0952. The summed E-state index contributed by atoms with van der Waals surface area (Å²) >= 11 is 0. The van der Waals surface area contributed by atoms with Gasteiger partial charge in [0.1, 0.15) is 11.9 Å². The highest BCUT2D eigenvalue weighted by molar-refractivity contribution is 5.45. The first-order valence-corrected chi connectivity index (χ1v) is 5.86. The molecule has 2 nitrogen and oxygen atoms in total. The Morgan fingerprint density at radius 1 is 1.00 bits per heavy atom. The van der Waals surface area contributed by atoms with Crippen molar-refractivity contribution in [3.8, 4) is 5.75 Å². The van der Waals surface area contributed by atoms with Crippen molar-refractivity contribution in [3.63, 3.8) is 0 Å². The van der Waals surface area contributed by atoms with Crippen molar-refractivity contribution in [2.45, 2.75) is 32.3 Å². The molecule has 8 heteroatoms. The van der Waals surface area contributed by atoms with Crippen molar-refractivity contribution in [2.75, 3.05) is 7.11 Å². The van der Waals surface area contributed by atoms with Crippen LogP contribution in [0.5, 0.6) is 5.75 Å². The molecule has 0 saturated carbocycles. The number of halogens is 6. The second-order valence-electron chi connectivity index (χ2n) is 4.70. The summed E-state index contributed by atoms with van der Waals surface area (Å²) in [7, 11) is 1.11. The molecule has 0 bridgehead atoms. The summed E-state index contributed by atoms with van der Waals surface area (Å²) in [4.78, 5) is 0. The van der Waals surface area contributed by atoms with E-state index in [9.17, 15) is 31.4 Å². The summed E-state index contributed by atoms with van der Waals surface area (Å²) in [6, 6.07) is 2.65. The van der Waals surface area contributed by atoms with Crippen LogP contribution in [0.3, 0.4) is 0 Å². The molecule has 0 aromatic heterocycles. The molecule has 0 aliphatic rings. The monoisotopic (exact) mass is 316 g/mol. The molecule has 1 atom stereocenters. The summed E-state index contributed by atoms with van der Waals surface area (Å²) in [5.74, 6) is -4.08. The Kier molecular flexibility index (Phi) is 4.82. The van der Waals surface area contributed by atoms with Crippen LogP contribution >= 0.6 is 0 Å². The van der Waals surface area contributed by atoms with Crippen LogP contribution < -0.4 is 4.74 Å². The van der Waals surface area contributed by atoms with Gasteiger partial charge in [-0.25, -0.2) is 0 Å². The molecule has 1 rings (SSSR count). The standard InChI is InChI=1S/C13H14F6O2/c1-6-4-7(2)9(8(5-6)21-3)10(20)11(12(14,15)16)13(17,18)19/h4-5,10-11,20H,1-3H3. The van der Waals surface area contributed by atoms with E-state index in [-0.39, 0.29) is 11.3 Å². The fraction of sp³-hybridized carbons (Fsp3) is 0.538. The molecule has 0 fully saturated rings. The Balaban J connectivity index is 3.44. The molecule has 1 aromatic rings. The zero-order chi connectivity index (χ0) is 16.6. The summed E-state index contributed by atoms with van der Waals surface area (Å²) in [6.45, 7) is 2.93. The second-order valence-corrected chi connectivity index (χ2v) is 4.70. The number of aryl methyl sites for hydroxylation is 2. The van der Waals surface area contributed by atoms with Crippen molar-refractivity contribution in [1.29, 1.82) is 0 Å². The molecule has 21 heavy (non-hydrogen) atoms. The SMILES string of the molecule is COc1cc(C)cc(C)c1C(O)C(C(F)(F)F)C(F)(F)F. The van der Waals surface area contributed by atoms with E-state index >= 15 is 0 Å². The largest absolute Gasteiger partial charge is 0.496 e. The number of hydrogen-bond donors (Lipinski definition) is 1. The molecule has 0 heterocycles. The van der Waals surface area contributed by atoms with Gasteiger partial charge >= 0.3 is 12.4 Å². The first kappa shape index (κ1) is 17.6. The Morgan fingerprint density at radius 2 is 1.48 bits per heavy atom. The molecule has 0 saturated heterocycles. The molecule has 1 N–H and O–H groups in total. The third-order valence-corrected chi connectivity index (χ3v) is 3.03. The fourth-order valence-electron chi connectivity index (χ4n) is 2.20. The molecule has 120 valence electrons. The maximum atomic E-state index is 12.7. The van der Waals surface area contributed by atoms with E-state index < -0.39 is 29.9 Å². The highest BCUT2D eigenvalue weighted by atomic mass is 19.4. The van der Waals surface area contributed by atoms with Gasteiger partial charge in [-0.2, -0.15) is 26.3 Å². The van der Waals surface area contributed by atoms with Gasteiger partial charge in [0.2, 0.25) is 0 Å². The van der Waals surface area contributed by atoms with Gasteiger partial charge in [0.05, 0.1) is 7.11 Å². The van der Waals surface area contributed by atoms with Gasteiger partial charge in [0.15, 0.2) is 5.92 Å². The number of rotatable bonds is 3. The fourth-order valence-corrected chi connectivity index (χ4v) is 2.20. The highest BCUT2D eigenvalue weighted by Crippen LogP contribution is 2.48. The summed E-state index contributed by atoms with van der Waals surface area (Å²) in [5, 5.41) is 9.72. The normalized spacial score (nSPS) is 14.4. The van der Waals surface area contributed by atoms with Gasteiger partial charge in [0.25, 0.3) is 0 Å². The zero-order valence-corrected chi connectivity index (χ0v) is 11.4. The number of hydrogen-bond acceptors (Lipinski definition) is 2. The van der Waals surface area contributed by atoms with Crippen LogP contribution in [0.1, 0.15) is 22.8 Å². The highest BCUT2D eigenvalue weighted by Gasteiger charge is 2.61. The van der Waals surface area contributed by atoms with Crippen molar-refractivity contribution < 1.29 is 36.2 Å². The minimum atomic E-state index is -5.62. The lowest BCUT2D eigenvalue weighted by Crippen LogP contribution is -2.41. The predicted octanol–water partition coefficient (Wildman–Crippen LogP) is 4.09. The molecule has 0 amide bonds. The van der Waals surface area contributed by atoms with Crippen LogP contribution in [-0.4, -0.2) is 24.6 Å². The molecule has 0 spiro atoms. The smallest absolute Gasteiger partial charge is 0.403 e. The van der Waals surface area contributed by atoms with Crippen molar-refractivity contribution in [3.05, 3.63) is 28.8 Å². The van der Waals surface area contributed by atoms with Crippen LogP contribution in [-0.2, 0) is 0 Å². The molecule has 1 unspecified atom stereocenters. The third kappa shape index (κ3) is 3.81. The second kappa shape index (κ2) is 5.75. The van der Waals surface area contributed by atoms with Gasteiger partial charge in [-0.05, 0) is 31.0 Å². The van der Waals surface area contributed by atoms with Gasteiger partial charge in [0, 0.05) is 5.56 Å². The summed E-state index contributed by atoms with van der Waals surface area (Å²) in [6.07, 6.45) is -14.0. The Hall–Kier alpha value is -1.44. The molecular formula is C13H14F6O2. The van der Waals surface area contributed by atoms with Crippen molar-refractivity contribution in [2.24, 2.45) is 5.92 Å². The van der Waals surface area contributed by atoms with E-state index in [4.69, 9.17) is 4.74 Å². The van der Waals surface area contributed by atoms with E-state index in [1.165, 1.54) is 19.1 Å². The van der Waals surface area contributed by atoms with Crippen LogP contribution in [0.4, 0.5) is 26.3 Å². The topological polar surface area (TPSA) is 29.5 Å². The van der Waals surface area contributed by atoms with E-state index in [0.717, 1.165) is 7.11 Å². The first-order valence-electron chi connectivity index (χ1n) is 5.86. The lowest BCUT2D eigenvalue weighted by molar-refractivity contribution is -0.307. The number of aliphatic hydroxyl groups excluding tert-OH is 1. The van der Waals surface area contributed by atoms with E-state index in [0.29, 0.717) is 5.56 Å². The Bertz CT molecular complexity index is 493. The van der Waals surface area contributed by atoms with Crippen LogP contribution in [0.2, 0.25) is 0 Å². The van der Waals surface area contributed by atoms with Gasteiger partial charge < -0.3 is 9.84 Å². The maximum Gasteiger partial charge on any atom is 0.403 e. The molecule has 0 aliphatic carbocycles. The maximum absolute atomic E-state index is 12.7. The molecule has 0 aliphatic heterocycles. The number of ether oxygens (including phenoxy) is 1. The number of benzene rings is 1. The van der Waals surface area contributed by atoms with Gasteiger partial charge in [-0.15, -0.1) is 0 Å². The van der Waals surface area contributed by atoms with Gasteiger partial charge in [-0.1, -0.05) is 6.07 Å². The van der Waals surface area contributed by atoms with Gasteiger partial charge in [-0.3, -0.25) is 0 Å². The quantitative estimate of drug-likeness (QED) is 0.851. The number of alkyl halides is 6. The minimum Gasteiger partial charge on any atom is -0.496 e. The van der Waals surface area contributed by atoms with E-state index in [1.54, 1.807) is 6.92 Å². The van der Waals surface area contributed by atoms with E-state index in [2.05, 4.69) is 0 Å². The average molecular weight is 316 g/mol. The average Bonchev–Trinajstić information content (AvgIpc) is 2.22. The number of methoxy groups -OCH3 is 1. The first-order chi connectivity index (χ1) is 9.39. The Labute approximate surface area is 117 Å². The lowest BCUT2D eigenvalue weighted by atomic mass is 9.90.